The number of esters is 1. The van der Waals surface area contributed by atoms with E-state index in [2.05, 4.69) is 4.98 Å². The second-order valence-electron chi connectivity index (χ2n) is 5.56. The van der Waals surface area contributed by atoms with Crippen LogP contribution in [0.3, 0.4) is 0 Å². The maximum Gasteiger partial charge on any atom is 0.316 e. The van der Waals surface area contributed by atoms with Gasteiger partial charge in [-0.15, -0.1) is 0 Å². The highest BCUT2D eigenvalue weighted by Gasteiger charge is 2.14. The number of aromatic nitrogens is 2. The number of benzene rings is 2. The summed E-state index contributed by atoms with van der Waals surface area (Å²) < 4.78 is 45.9. The van der Waals surface area contributed by atoms with Crippen LogP contribution >= 0.6 is 11.8 Å². The number of halogens is 3. The lowest BCUT2D eigenvalue weighted by molar-refractivity contribution is -0.139. The smallest absolute Gasteiger partial charge is 0.316 e. The molecule has 0 saturated heterocycles. The Morgan fingerprint density at radius 2 is 1.89 bits per heavy atom. The van der Waals surface area contributed by atoms with E-state index in [1.165, 1.54) is 18.3 Å². The Morgan fingerprint density at radius 3 is 2.64 bits per heavy atom. The third-order valence-corrected chi connectivity index (χ3v) is 4.56. The van der Waals surface area contributed by atoms with E-state index < -0.39 is 35.8 Å². The third-order valence-electron chi connectivity index (χ3n) is 3.62. The standard InChI is InChI=1S/C19H13F3N2O3S/c20-13-2-1-3-14(9-13)24-7-6-23-19(24)28-11-18(26)27-10-17(25)12-4-5-15(21)16(22)8-12/h1-9H,10-11H2. The largest absolute Gasteiger partial charge is 0.457 e. The van der Waals surface area contributed by atoms with Crippen LogP contribution in [0.5, 0.6) is 0 Å². The topological polar surface area (TPSA) is 61.2 Å². The van der Waals surface area contributed by atoms with Crippen molar-refractivity contribution >= 4 is 23.5 Å². The maximum absolute atomic E-state index is 13.4. The van der Waals surface area contributed by atoms with Crippen molar-refractivity contribution in [3.63, 3.8) is 0 Å². The molecule has 3 rings (SSSR count). The number of hydrogen-bond donors (Lipinski definition) is 0. The average Bonchev–Trinajstić information content (AvgIpc) is 3.15. The van der Waals surface area contributed by atoms with Crippen LogP contribution in [0.4, 0.5) is 13.2 Å². The van der Waals surface area contributed by atoms with Crippen molar-refractivity contribution in [2.75, 3.05) is 12.4 Å². The molecule has 0 unspecified atom stereocenters. The Balaban J connectivity index is 1.54. The van der Waals surface area contributed by atoms with Gasteiger partial charge in [-0.1, -0.05) is 17.8 Å². The van der Waals surface area contributed by atoms with Gasteiger partial charge in [-0.25, -0.2) is 18.2 Å². The fourth-order valence-corrected chi connectivity index (χ4v) is 3.05. The molecule has 1 aromatic heterocycles. The van der Waals surface area contributed by atoms with Crippen LogP contribution in [0.15, 0.2) is 60.0 Å². The lowest BCUT2D eigenvalue weighted by Gasteiger charge is -2.08. The van der Waals surface area contributed by atoms with Gasteiger partial charge < -0.3 is 4.74 Å². The van der Waals surface area contributed by atoms with Gasteiger partial charge in [0.25, 0.3) is 0 Å². The molecular formula is C19H13F3N2O3S. The zero-order valence-electron chi connectivity index (χ0n) is 14.3. The molecule has 0 saturated carbocycles. The predicted molar refractivity (Wildman–Crippen MR) is 95.9 cm³/mol. The summed E-state index contributed by atoms with van der Waals surface area (Å²) in [5.74, 6) is -4.11. The summed E-state index contributed by atoms with van der Waals surface area (Å²) in [6.07, 6.45) is 3.13. The molecule has 9 heteroatoms. The number of ketones is 1. The molecule has 5 nitrogen and oxygen atoms in total. The summed E-state index contributed by atoms with van der Waals surface area (Å²) in [5, 5.41) is 0.439. The van der Waals surface area contributed by atoms with Crippen LogP contribution in [0.2, 0.25) is 0 Å². The SMILES string of the molecule is O=C(CSc1nccn1-c1cccc(F)c1)OCC(=O)c1ccc(F)c(F)c1. The number of hydrogen-bond acceptors (Lipinski definition) is 5. The van der Waals surface area contributed by atoms with E-state index in [-0.39, 0.29) is 11.3 Å². The second-order valence-corrected chi connectivity index (χ2v) is 6.50. The van der Waals surface area contributed by atoms with Gasteiger partial charge in [0.05, 0.1) is 11.4 Å². The van der Waals surface area contributed by atoms with Gasteiger partial charge in [-0.2, -0.15) is 0 Å². The molecule has 0 aliphatic heterocycles. The molecule has 0 atom stereocenters. The zero-order valence-corrected chi connectivity index (χ0v) is 15.1. The van der Waals surface area contributed by atoms with Crippen molar-refractivity contribution in [2.24, 2.45) is 0 Å². The van der Waals surface area contributed by atoms with Gasteiger partial charge in [0.2, 0.25) is 0 Å². The molecule has 0 spiro atoms. The predicted octanol–water partition coefficient (Wildman–Crippen LogP) is 3.81. The van der Waals surface area contributed by atoms with Gasteiger partial charge in [0, 0.05) is 18.0 Å². The number of nitrogens with zero attached hydrogens (tertiary/aromatic N) is 2. The molecule has 0 aliphatic rings. The average molecular weight is 406 g/mol. The summed E-state index contributed by atoms with van der Waals surface area (Å²) in [6, 6.07) is 8.56. The minimum absolute atomic E-state index is 0.0963. The highest BCUT2D eigenvalue weighted by atomic mass is 32.2. The number of carbonyl (C=O) groups excluding carboxylic acids is 2. The minimum atomic E-state index is -1.16. The molecule has 28 heavy (non-hydrogen) atoms. The van der Waals surface area contributed by atoms with Gasteiger partial charge in [0.15, 0.2) is 29.2 Å². The van der Waals surface area contributed by atoms with Crippen molar-refractivity contribution in [2.45, 2.75) is 5.16 Å². The number of rotatable bonds is 7. The van der Waals surface area contributed by atoms with E-state index >= 15 is 0 Å². The van der Waals surface area contributed by atoms with E-state index in [4.69, 9.17) is 4.74 Å². The normalized spacial score (nSPS) is 10.7. The Labute approximate surface area is 162 Å². The summed E-state index contributed by atoms with van der Waals surface area (Å²) in [6.45, 7) is -0.594. The molecule has 1 heterocycles. The Bertz CT molecular complexity index is 1020. The summed E-state index contributed by atoms with van der Waals surface area (Å²) in [4.78, 5) is 27.9. The van der Waals surface area contributed by atoms with Crippen LogP contribution in [0.1, 0.15) is 10.4 Å². The number of thioether (sulfide) groups is 1. The van der Waals surface area contributed by atoms with E-state index in [0.717, 1.165) is 30.0 Å². The third kappa shape index (κ3) is 4.80. The molecule has 0 bridgehead atoms. The summed E-state index contributed by atoms with van der Waals surface area (Å²) >= 11 is 1.05. The minimum Gasteiger partial charge on any atom is -0.457 e. The van der Waals surface area contributed by atoms with Gasteiger partial charge in [-0.05, 0) is 36.4 Å². The highest BCUT2D eigenvalue weighted by molar-refractivity contribution is 7.99. The molecule has 0 radical (unpaired) electrons. The Hall–Kier alpha value is -3.07. The van der Waals surface area contributed by atoms with Crippen molar-refractivity contribution in [1.29, 1.82) is 0 Å². The van der Waals surface area contributed by atoms with Crippen LogP contribution < -0.4 is 0 Å². The first-order chi connectivity index (χ1) is 13.4. The fourth-order valence-electron chi connectivity index (χ4n) is 2.28. The lowest BCUT2D eigenvalue weighted by atomic mass is 10.1. The van der Waals surface area contributed by atoms with Crippen molar-refractivity contribution < 1.29 is 27.5 Å². The van der Waals surface area contributed by atoms with E-state index in [1.807, 2.05) is 0 Å². The first kappa shape index (κ1) is 19.7. The Kier molecular flexibility index (Phi) is 6.15. The van der Waals surface area contributed by atoms with Crippen molar-refractivity contribution in [1.82, 2.24) is 9.55 Å². The van der Waals surface area contributed by atoms with Gasteiger partial charge >= 0.3 is 5.97 Å². The maximum atomic E-state index is 13.4. The van der Waals surface area contributed by atoms with Crippen LogP contribution in [0.25, 0.3) is 5.69 Å². The number of carbonyl (C=O) groups is 2. The van der Waals surface area contributed by atoms with E-state index in [0.29, 0.717) is 10.8 Å². The first-order valence-corrected chi connectivity index (χ1v) is 8.98. The lowest BCUT2D eigenvalue weighted by Crippen LogP contribution is -2.16. The highest BCUT2D eigenvalue weighted by Crippen LogP contribution is 2.21. The van der Waals surface area contributed by atoms with E-state index in [9.17, 15) is 22.8 Å². The molecule has 0 N–H and O–H groups in total. The van der Waals surface area contributed by atoms with Crippen molar-refractivity contribution in [3.8, 4) is 5.69 Å². The fraction of sp³-hybridized carbons (Fsp3) is 0.105. The Morgan fingerprint density at radius 1 is 1.07 bits per heavy atom. The number of Topliss-reactive ketones (excluding diaryl/α,β-unsaturated/α-hetero) is 1. The zero-order chi connectivity index (χ0) is 20.1. The molecular weight excluding hydrogens is 393 g/mol. The molecule has 2 aromatic carbocycles. The van der Waals surface area contributed by atoms with E-state index in [1.54, 1.807) is 22.9 Å². The molecule has 144 valence electrons. The van der Waals surface area contributed by atoms with Crippen LogP contribution in [0, 0.1) is 17.5 Å². The summed E-state index contributed by atoms with van der Waals surface area (Å²) in [5.41, 5.74) is 0.447. The molecule has 0 aliphatic carbocycles. The van der Waals surface area contributed by atoms with Crippen molar-refractivity contribution in [3.05, 3.63) is 77.9 Å². The molecule has 3 aromatic rings. The summed E-state index contributed by atoms with van der Waals surface area (Å²) in [7, 11) is 0. The quantitative estimate of drug-likeness (QED) is 0.339. The number of ether oxygens (including phenoxy) is 1. The molecule has 0 amide bonds. The monoisotopic (exact) mass is 406 g/mol. The molecule has 0 fully saturated rings. The second kappa shape index (κ2) is 8.75. The van der Waals surface area contributed by atoms with Crippen LogP contribution in [-0.2, 0) is 9.53 Å². The van der Waals surface area contributed by atoms with Gasteiger partial charge in [0.1, 0.15) is 5.82 Å². The first-order valence-electron chi connectivity index (χ1n) is 8.00. The number of imidazole rings is 1. The van der Waals surface area contributed by atoms with Gasteiger partial charge in [-0.3, -0.25) is 14.2 Å². The van der Waals surface area contributed by atoms with Crippen LogP contribution in [-0.4, -0.2) is 33.7 Å².